The van der Waals surface area contributed by atoms with E-state index in [0.717, 1.165) is 11.6 Å². The van der Waals surface area contributed by atoms with Crippen molar-refractivity contribution in [1.29, 1.82) is 0 Å². The molecule has 0 saturated carbocycles. The van der Waals surface area contributed by atoms with Crippen LogP contribution in [0.3, 0.4) is 0 Å². The van der Waals surface area contributed by atoms with Crippen LogP contribution in [0.4, 0.5) is 0 Å². The van der Waals surface area contributed by atoms with Gasteiger partial charge in [-0.1, -0.05) is 66.5 Å². The minimum absolute atomic E-state index is 0.0167. The Morgan fingerprint density at radius 2 is 1.75 bits per heavy atom. The van der Waals surface area contributed by atoms with E-state index in [2.05, 4.69) is 32.3 Å². The maximum atomic E-state index is 10.8. The van der Waals surface area contributed by atoms with Crippen LogP contribution in [-0.4, -0.2) is 18.5 Å². The van der Waals surface area contributed by atoms with E-state index < -0.39 is 0 Å². The Bertz CT molecular complexity index is 301. The number of aliphatic imine (C=N–C) groups is 1. The van der Waals surface area contributed by atoms with Gasteiger partial charge >= 0.3 is 0 Å². The van der Waals surface area contributed by atoms with Crippen molar-refractivity contribution in [2.45, 2.75) is 67.7 Å². The zero-order chi connectivity index (χ0) is 16.6. The Hall–Kier alpha value is -1.18. The van der Waals surface area contributed by atoms with Crippen LogP contribution >= 0.6 is 0 Å². The molecule has 1 atom stereocenters. The number of Topliss-reactive ketones (excluding diaryl/α,β-unsaturated/α-hetero) is 1. The first-order valence-corrected chi connectivity index (χ1v) is 7.71. The van der Waals surface area contributed by atoms with E-state index in [-0.39, 0.29) is 5.78 Å². The largest absolute Gasteiger partial charge is 0.295 e. The number of hydrogen-bond acceptors (Lipinski definition) is 2. The number of hydrogen-bond donors (Lipinski definition) is 0. The van der Waals surface area contributed by atoms with E-state index in [1.165, 1.54) is 32.3 Å². The van der Waals surface area contributed by atoms with Gasteiger partial charge in [0.2, 0.25) is 0 Å². The topological polar surface area (TPSA) is 29.4 Å². The van der Waals surface area contributed by atoms with E-state index in [1.807, 2.05) is 20.8 Å². The molecular formula is C18H35NO. The molecule has 0 aliphatic heterocycles. The lowest BCUT2D eigenvalue weighted by Crippen LogP contribution is -1.96. The monoisotopic (exact) mass is 281 g/mol. The predicted octanol–water partition coefficient (Wildman–Crippen LogP) is 5.64. The summed E-state index contributed by atoms with van der Waals surface area (Å²) in [5, 5.41) is 0. The van der Waals surface area contributed by atoms with Crippen molar-refractivity contribution in [3.63, 3.8) is 0 Å². The number of nitrogens with zero attached hydrogens (tertiary/aromatic N) is 1. The second-order valence-electron chi connectivity index (χ2n) is 4.53. The molecule has 0 radical (unpaired) electrons. The minimum atomic E-state index is 0.0167. The van der Waals surface area contributed by atoms with Crippen LogP contribution < -0.4 is 0 Å². The standard InChI is InChI=1S/C9H13NO.C7H16.C2H6/c1-5-9(8(3)11)6-7(2)10-4;1-4-6-7(3)5-2;1-2/h5-6H,1H2,2-4H3;7H,4-6H2,1-3H3;1-2H3/b9-6+,10-7?;;. The first-order valence-electron chi connectivity index (χ1n) is 7.71. The molecule has 1 unspecified atom stereocenters. The Kier molecular flexibility index (Phi) is 21.3. The fourth-order valence-electron chi connectivity index (χ4n) is 1.29. The van der Waals surface area contributed by atoms with Crippen molar-refractivity contribution in [3.05, 3.63) is 24.3 Å². The van der Waals surface area contributed by atoms with Gasteiger partial charge in [-0.25, -0.2) is 0 Å². The van der Waals surface area contributed by atoms with Crippen molar-refractivity contribution < 1.29 is 4.79 Å². The smallest absolute Gasteiger partial charge is 0.159 e. The summed E-state index contributed by atoms with van der Waals surface area (Å²) >= 11 is 0. The highest BCUT2D eigenvalue weighted by molar-refractivity contribution is 6.04. The lowest BCUT2D eigenvalue weighted by molar-refractivity contribution is -0.113. The van der Waals surface area contributed by atoms with E-state index in [1.54, 1.807) is 13.1 Å². The highest BCUT2D eigenvalue weighted by atomic mass is 16.1. The maximum Gasteiger partial charge on any atom is 0.159 e. The molecule has 0 aliphatic carbocycles. The van der Waals surface area contributed by atoms with Crippen LogP contribution in [0.1, 0.15) is 67.7 Å². The molecule has 0 rings (SSSR count). The lowest BCUT2D eigenvalue weighted by Gasteiger charge is -2.02. The van der Waals surface area contributed by atoms with E-state index in [0.29, 0.717) is 5.57 Å². The van der Waals surface area contributed by atoms with Crippen LogP contribution in [0.25, 0.3) is 0 Å². The summed E-state index contributed by atoms with van der Waals surface area (Å²) in [6, 6.07) is 0. The minimum Gasteiger partial charge on any atom is -0.295 e. The molecule has 0 amide bonds. The summed E-state index contributed by atoms with van der Waals surface area (Å²) in [7, 11) is 1.69. The molecule has 0 aromatic rings. The Morgan fingerprint density at radius 1 is 1.25 bits per heavy atom. The summed E-state index contributed by atoms with van der Waals surface area (Å²) in [6.45, 7) is 17.7. The molecule has 118 valence electrons. The number of carbonyl (C=O) groups is 1. The predicted molar refractivity (Wildman–Crippen MR) is 93.7 cm³/mol. The first-order chi connectivity index (χ1) is 9.42. The molecule has 0 aromatic carbocycles. The van der Waals surface area contributed by atoms with Gasteiger partial charge in [0, 0.05) is 18.3 Å². The van der Waals surface area contributed by atoms with Crippen LogP contribution in [0.15, 0.2) is 29.3 Å². The van der Waals surface area contributed by atoms with Gasteiger partial charge in [-0.15, -0.1) is 0 Å². The van der Waals surface area contributed by atoms with Crippen LogP contribution in [0, 0.1) is 5.92 Å². The van der Waals surface area contributed by atoms with Gasteiger partial charge in [0.15, 0.2) is 5.78 Å². The SMILES string of the molecule is C=C/C(=C\C(C)=NC)C(C)=O.CC.CCCC(C)CC. The Morgan fingerprint density at radius 3 is 1.95 bits per heavy atom. The van der Waals surface area contributed by atoms with Crippen LogP contribution in [0.2, 0.25) is 0 Å². The molecule has 0 heterocycles. The second-order valence-corrected chi connectivity index (χ2v) is 4.53. The van der Waals surface area contributed by atoms with Gasteiger partial charge in [-0.3, -0.25) is 9.79 Å². The average molecular weight is 281 g/mol. The highest BCUT2D eigenvalue weighted by Crippen LogP contribution is 2.07. The van der Waals surface area contributed by atoms with Crippen molar-refractivity contribution in [1.82, 2.24) is 0 Å². The fraction of sp³-hybridized carbons (Fsp3) is 0.667. The van der Waals surface area contributed by atoms with Gasteiger partial charge in [0.1, 0.15) is 0 Å². The maximum absolute atomic E-state index is 10.8. The molecule has 0 N–H and O–H groups in total. The molecule has 2 nitrogen and oxygen atoms in total. The van der Waals surface area contributed by atoms with Crippen molar-refractivity contribution in [2.75, 3.05) is 7.05 Å². The number of rotatable bonds is 6. The summed E-state index contributed by atoms with van der Waals surface area (Å²) in [5.74, 6) is 0.966. The van der Waals surface area contributed by atoms with Crippen LogP contribution in [-0.2, 0) is 4.79 Å². The number of carbonyl (C=O) groups excluding carboxylic acids is 1. The molecule has 2 heteroatoms. The quantitative estimate of drug-likeness (QED) is 0.352. The molecule has 0 aliphatic rings. The van der Waals surface area contributed by atoms with Gasteiger partial charge in [0.05, 0.1) is 0 Å². The third-order valence-electron chi connectivity index (χ3n) is 2.82. The zero-order valence-electron chi connectivity index (χ0n) is 14.9. The molecule has 0 aromatic heterocycles. The van der Waals surface area contributed by atoms with Crippen molar-refractivity contribution in [2.24, 2.45) is 10.9 Å². The molecule has 0 spiro atoms. The van der Waals surface area contributed by atoms with E-state index in [4.69, 9.17) is 0 Å². The molecule has 0 fully saturated rings. The van der Waals surface area contributed by atoms with Gasteiger partial charge < -0.3 is 0 Å². The van der Waals surface area contributed by atoms with Gasteiger partial charge in [0.25, 0.3) is 0 Å². The average Bonchev–Trinajstić information content (AvgIpc) is 2.46. The third-order valence-corrected chi connectivity index (χ3v) is 2.82. The fourth-order valence-corrected chi connectivity index (χ4v) is 1.29. The summed E-state index contributed by atoms with van der Waals surface area (Å²) in [4.78, 5) is 14.7. The Balaban J connectivity index is -0.000000277. The number of ketones is 1. The molecule has 0 saturated heterocycles. The normalized spacial score (nSPS) is 12.4. The second kappa shape index (κ2) is 17.8. The molecular weight excluding hydrogens is 246 g/mol. The Labute approximate surface area is 127 Å². The van der Waals surface area contributed by atoms with Gasteiger partial charge in [-0.2, -0.15) is 0 Å². The van der Waals surface area contributed by atoms with E-state index in [9.17, 15) is 4.79 Å². The molecule has 20 heavy (non-hydrogen) atoms. The molecule has 0 bridgehead atoms. The van der Waals surface area contributed by atoms with Crippen molar-refractivity contribution in [3.8, 4) is 0 Å². The number of allylic oxidation sites excluding steroid dienone is 3. The van der Waals surface area contributed by atoms with Crippen molar-refractivity contribution >= 4 is 11.5 Å². The first kappa shape index (κ1) is 23.9. The lowest BCUT2D eigenvalue weighted by atomic mass is 10.0. The van der Waals surface area contributed by atoms with Gasteiger partial charge in [-0.05, 0) is 25.8 Å². The third kappa shape index (κ3) is 16.8. The summed E-state index contributed by atoms with van der Waals surface area (Å²) < 4.78 is 0. The zero-order valence-corrected chi connectivity index (χ0v) is 14.9. The van der Waals surface area contributed by atoms with E-state index >= 15 is 0 Å². The summed E-state index contributed by atoms with van der Waals surface area (Å²) in [5.41, 5.74) is 1.43. The highest BCUT2D eigenvalue weighted by Gasteiger charge is 1.97. The summed E-state index contributed by atoms with van der Waals surface area (Å²) in [6.07, 6.45) is 7.34. The van der Waals surface area contributed by atoms with Crippen LogP contribution in [0.5, 0.6) is 0 Å².